The van der Waals surface area contributed by atoms with Crippen LogP contribution in [0, 0.1) is 18.3 Å². The zero-order chi connectivity index (χ0) is 17.0. The van der Waals surface area contributed by atoms with Crippen molar-refractivity contribution in [2.24, 2.45) is 11.3 Å². The maximum absolute atomic E-state index is 12.8. The third-order valence-corrected chi connectivity index (χ3v) is 6.74. The van der Waals surface area contributed by atoms with Crippen molar-refractivity contribution in [1.82, 2.24) is 9.88 Å². The van der Waals surface area contributed by atoms with Gasteiger partial charge in [0.2, 0.25) is 0 Å². The SMILES string of the molecule is Cc1nc(C(C)(C)C)sc1C(=O)N1CCC2(CC1)CC2C(=O)O. The zero-order valence-electron chi connectivity index (χ0n) is 14.2. The first kappa shape index (κ1) is 16.4. The molecule has 1 atom stereocenters. The normalized spacial score (nSPS) is 23.1. The molecule has 1 aromatic heterocycles. The van der Waals surface area contributed by atoms with Crippen molar-refractivity contribution in [3.05, 3.63) is 15.6 Å². The van der Waals surface area contributed by atoms with Crippen LogP contribution < -0.4 is 0 Å². The van der Waals surface area contributed by atoms with Gasteiger partial charge in [0.1, 0.15) is 4.88 Å². The van der Waals surface area contributed by atoms with E-state index >= 15 is 0 Å². The van der Waals surface area contributed by atoms with Crippen LogP contribution >= 0.6 is 11.3 Å². The number of piperidine rings is 1. The summed E-state index contributed by atoms with van der Waals surface area (Å²) >= 11 is 1.49. The molecule has 1 spiro atoms. The van der Waals surface area contributed by atoms with Crippen molar-refractivity contribution in [1.29, 1.82) is 0 Å². The van der Waals surface area contributed by atoms with Gasteiger partial charge in [-0.15, -0.1) is 11.3 Å². The van der Waals surface area contributed by atoms with E-state index in [1.807, 2.05) is 11.8 Å². The highest BCUT2D eigenvalue weighted by atomic mass is 32.1. The fraction of sp³-hybridized carbons (Fsp3) is 0.706. The number of hydrogen-bond donors (Lipinski definition) is 1. The van der Waals surface area contributed by atoms with Gasteiger partial charge in [-0.1, -0.05) is 20.8 Å². The van der Waals surface area contributed by atoms with Gasteiger partial charge < -0.3 is 10.0 Å². The molecule has 1 saturated carbocycles. The minimum absolute atomic E-state index is 0.0398. The Labute approximate surface area is 140 Å². The van der Waals surface area contributed by atoms with E-state index in [4.69, 9.17) is 5.11 Å². The number of carboxylic acid groups (broad SMARTS) is 1. The van der Waals surface area contributed by atoms with E-state index in [2.05, 4.69) is 25.8 Å². The lowest BCUT2D eigenvalue weighted by molar-refractivity contribution is -0.139. The Balaban J connectivity index is 1.69. The van der Waals surface area contributed by atoms with Crippen molar-refractivity contribution < 1.29 is 14.7 Å². The number of carboxylic acids is 1. The number of carbonyl (C=O) groups excluding carboxylic acids is 1. The smallest absolute Gasteiger partial charge is 0.307 e. The Kier molecular flexibility index (Phi) is 3.78. The molecule has 1 aliphatic heterocycles. The third kappa shape index (κ3) is 2.89. The van der Waals surface area contributed by atoms with Crippen LogP contribution in [-0.2, 0) is 10.2 Å². The summed E-state index contributed by atoms with van der Waals surface area (Å²) in [6.07, 6.45) is 2.39. The van der Waals surface area contributed by atoms with Crippen LogP contribution in [0.1, 0.15) is 60.4 Å². The molecule has 126 valence electrons. The molecule has 2 fully saturated rings. The molecule has 1 amide bonds. The predicted octanol–water partition coefficient (Wildman–Crippen LogP) is 3.08. The summed E-state index contributed by atoms with van der Waals surface area (Å²) in [6, 6.07) is 0. The van der Waals surface area contributed by atoms with Gasteiger partial charge in [-0.3, -0.25) is 9.59 Å². The van der Waals surface area contributed by atoms with Gasteiger partial charge in [-0.25, -0.2) is 4.98 Å². The fourth-order valence-corrected chi connectivity index (χ4v) is 4.56. The lowest BCUT2D eigenvalue weighted by atomic mass is 9.90. The highest BCUT2D eigenvalue weighted by Gasteiger charge is 2.59. The number of amides is 1. The largest absolute Gasteiger partial charge is 0.481 e. The molecule has 2 aliphatic rings. The van der Waals surface area contributed by atoms with Gasteiger partial charge >= 0.3 is 5.97 Å². The Bertz CT molecular complexity index is 651. The molecule has 0 bridgehead atoms. The van der Waals surface area contributed by atoms with E-state index in [-0.39, 0.29) is 22.7 Å². The lowest BCUT2D eigenvalue weighted by Crippen LogP contribution is -2.39. The summed E-state index contributed by atoms with van der Waals surface area (Å²) in [5, 5.41) is 10.1. The first-order chi connectivity index (χ1) is 10.6. The Hall–Kier alpha value is -1.43. The molecule has 0 radical (unpaired) electrons. The van der Waals surface area contributed by atoms with Crippen molar-refractivity contribution in [2.45, 2.75) is 52.4 Å². The summed E-state index contributed by atoms with van der Waals surface area (Å²) < 4.78 is 0. The number of aromatic nitrogens is 1. The maximum Gasteiger partial charge on any atom is 0.307 e. The standard InChI is InChI=1S/C17H24N2O3S/c1-10-12(23-15(18-10)16(2,3)4)13(20)19-7-5-17(6-8-19)9-11(17)14(21)22/h11H,5-9H2,1-4H3,(H,21,22). The number of rotatable bonds is 2. The second kappa shape index (κ2) is 5.30. The topological polar surface area (TPSA) is 70.5 Å². The first-order valence-electron chi connectivity index (χ1n) is 8.14. The van der Waals surface area contributed by atoms with Crippen LogP contribution in [0.4, 0.5) is 0 Å². The van der Waals surface area contributed by atoms with Crippen LogP contribution in [0.3, 0.4) is 0 Å². The van der Waals surface area contributed by atoms with E-state index in [0.717, 1.165) is 34.8 Å². The number of aliphatic carboxylic acids is 1. The molecule has 1 unspecified atom stereocenters. The minimum atomic E-state index is -0.683. The molecular formula is C17H24N2O3S. The molecule has 2 heterocycles. The van der Waals surface area contributed by atoms with Gasteiger partial charge in [-0.05, 0) is 31.6 Å². The summed E-state index contributed by atoms with van der Waals surface area (Å²) in [4.78, 5) is 31.1. The van der Waals surface area contributed by atoms with Gasteiger partial charge in [0.25, 0.3) is 5.91 Å². The average molecular weight is 336 g/mol. The minimum Gasteiger partial charge on any atom is -0.481 e. The van der Waals surface area contributed by atoms with Gasteiger partial charge in [0.05, 0.1) is 16.6 Å². The van der Waals surface area contributed by atoms with Crippen molar-refractivity contribution in [2.75, 3.05) is 13.1 Å². The second-order valence-electron chi connectivity index (χ2n) is 7.93. The lowest BCUT2D eigenvalue weighted by Gasteiger charge is -2.32. The van der Waals surface area contributed by atoms with Crippen LogP contribution in [0.15, 0.2) is 0 Å². The molecule has 1 aromatic rings. The zero-order valence-corrected chi connectivity index (χ0v) is 15.0. The number of hydrogen-bond acceptors (Lipinski definition) is 4. The maximum atomic E-state index is 12.8. The molecule has 23 heavy (non-hydrogen) atoms. The van der Waals surface area contributed by atoms with Crippen molar-refractivity contribution in [3.8, 4) is 0 Å². The van der Waals surface area contributed by atoms with E-state index in [9.17, 15) is 9.59 Å². The fourth-order valence-electron chi connectivity index (χ4n) is 3.46. The van der Waals surface area contributed by atoms with Crippen LogP contribution in [-0.4, -0.2) is 40.0 Å². The number of likely N-dealkylation sites (tertiary alicyclic amines) is 1. The first-order valence-corrected chi connectivity index (χ1v) is 8.96. The quantitative estimate of drug-likeness (QED) is 0.901. The monoisotopic (exact) mass is 336 g/mol. The third-order valence-electron chi connectivity index (χ3n) is 5.17. The molecular weight excluding hydrogens is 312 g/mol. The number of aryl methyl sites for hydroxylation is 1. The van der Waals surface area contributed by atoms with E-state index in [0.29, 0.717) is 13.1 Å². The van der Waals surface area contributed by atoms with Gasteiger partial charge in [0.15, 0.2) is 0 Å². The Morgan fingerprint density at radius 3 is 2.35 bits per heavy atom. The molecule has 1 aliphatic carbocycles. The highest BCUT2D eigenvalue weighted by Crippen LogP contribution is 2.59. The summed E-state index contributed by atoms with van der Waals surface area (Å²) in [5.41, 5.74) is 0.713. The van der Waals surface area contributed by atoms with Crippen LogP contribution in [0.2, 0.25) is 0 Å². The van der Waals surface area contributed by atoms with E-state index in [1.54, 1.807) is 0 Å². The van der Waals surface area contributed by atoms with Crippen LogP contribution in [0.25, 0.3) is 0 Å². The number of carbonyl (C=O) groups is 2. The summed E-state index contributed by atoms with van der Waals surface area (Å²) in [5.74, 6) is -0.826. The van der Waals surface area contributed by atoms with Gasteiger partial charge in [0, 0.05) is 18.5 Å². The molecule has 1 N–H and O–H groups in total. The van der Waals surface area contributed by atoms with Crippen molar-refractivity contribution in [3.63, 3.8) is 0 Å². The molecule has 3 rings (SSSR count). The number of thiazole rings is 1. The Morgan fingerprint density at radius 1 is 1.30 bits per heavy atom. The second-order valence-corrected chi connectivity index (χ2v) is 8.93. The van der Waals surface area contributed by atoms with Gasteiger partial charge in [-0.2, -0.15) is 0 Å². The highest BCUT2D eigenvalue weighted by molar-refractivity contribution is 7.14. The summed E-state index contributed by atoms with van der Waals surface area (Å²) in [6.45, 7) is 9.51. The van der Waals surface area contributed by atoms with Crippen LogP contribution in [0.5, 0.6) is 0 Å². The molecule has 6 heteroatoms. The summed E-state index contributed by atoms with van der Waals surface area (Å²) in [7, 11) is 0. The van der Waals surface area contributed by atoms with E-state index < -0.39 is 5.97 Å². The average Bonchev–Trinajstić information content (AvgIpc) is 3.01. The number of nitrogens with zero attached hydrogens (tertiary/aromatic N) is 2. The predicted molar refractivity (Wildman–Crippen MR) is 88.9 cm³/mol. The molecule has 0 aromatic carbocycles. The van der Waals surface area contributed by atoms with Crippen molar-refractivity contribution >= 4 is 23.2 Å². The molecule has 5 nitrogen and oxygen atoms in total. The Morgan fingerprint density at radius 2 is 1.91 bits per heavy atom. The molecule has 1 saturated heterocycles. The van der Waals surface area contributed by atoms with E-state index in [1.165, 1.54) is 11.3 Å².